The summed E-state index contributed by atoms with van der Waals surface area (Å²) in [6.45, 7) is 6.82. The molecule has 1 aromatic carbocycles. The van der Waals surface area contributed by atoms with Gasteiger partial charge in [-0.15, -0.1) is 0 Å². The van der Waals surface area contributed by atoms with Crippen LogP contribution in [0.5, 0.6) is 0 Å². The Bertz CT molecular complexity index is 478. The molecule has 6 heteroatoms. The van der Waals surface area contributed by atoms with Gasteiger partial charge in [0, 0.05) is 14.2 Å². The zero-order chi connectivity index (χ0) is 16.8. The van der Waals surface area contributed by atoms with Gasteiger partial charge >= 0.3 is 8.56 Å². The summed E-state index contributed by atoms with van der Waals surface area (Å²) in [7, 11) is 3.38. The Morgan fingerprint density at radius 3 is 2.26 bits per heavy atom. The molecule has 0 saturated carbocycles. The average molecular weight is 574 g/mol. The van der Waals surface area contributed by atoms with Crippen LogP contribution in [-0.4, -0.2) is 52.6 Å². The molecule has 0 bridgehead atoms. The molecule has 0 N–H and O–H groups in total. The maximum Gasteiger partial charge on any atom is 0.334 e. The maximum atomic E-state index is 12.7. The minimum absolute atomic E-state index is 0. The second-order valence-electron chi connectivity index (χ2n) is 6.24. The second kappa shape index (κ2) is 8.58. The first-order valence-electron chi connectivity index (χ1n) is 7.59. The Morgan fingerprint density at radius 1 is 1.26 bits per heavy atom. The van der Waals surface area contributed by atoms with Crippen LogP contribution in [0.2, 0.25) is 12.6 Å². The van der Waals surface area contributed by atoms with Gasteiger partial charge in [-0.2, -0.15) is 30.3 Å². The van der Waals surface area contributed by atoms with Crippen LogP contribution in [0.4, 0.5) is 0 Å². The first kappa shape index (κ1) is 21.0. The van der Waals surface area contributed by atoms with Crippen molar-refractivity contribution in [2.45, 2.75) is 38.4 Å². The normalized spacial score (nSPS) is 12.1. The van der Waals surface area contributed by atoms with Crippen molar-refractivity contribution in [2.75, 3.05) is 27.8 Å². The maximum absolute atomic E-state index is 12.7. The molecule has 134 valence electrons. The number of Topliss-reactive ketones (excluding diaryl/α,β-unsaturated/α-hetero) is 1. The Hall–Kier alpha value is -2.01. The van der Waals surface area contributed by atoms with Gasteiger partial charge in [-0.1, -0.05) is 5.56 Å². The third-order valence-electron chi connectivity index (χ3n) is 4.48. The standard InChI is InChI=1S/C17H28NO3Si.Cf/c1-17(2,16(19)15-11-8-7-9-12-15)18(3)13-10-14-22(6,20-4)21-5;/h8-9,11-12H,10,13-14H2,1-6H3;/q-1;. The van der Waals surface area contributed by atoms with E-state index in [1.807, 2.05) is 33.0 Å². The van der Waals surface area contributed by atoms with E-state index < -0.39 is 14.1 Å². The van der Waals surface area contributed by atoms with E-state index in [1.54, 1.807) is 26.4 Å². The Balaban J connectivity index is 0.00000484. The van der Waals surface area contributed by atoms with E-state index in [1.165, 1.54) is 0 Å². The van der Waals surface area contributed by atoms with Crippen molar-refractivity contribution in [1.82, 2.24) is 4.90 Å². The SMILES string of the molecule is CO[Si](C)(CCCN(C)C(C)(C)C(=O)c1cc[c-]cc1)OC.[Cf]. The van der Waals surface area contributed by atoms with E-state index in [9.17, 15) is 4.79 Å². The first-order chi connectivity index (χ1) is 10.3. The number of carbonyl (C=O) groups excluding carboxylic acids is 1. The fourth-order valence-corrected chi connectivity index (χ4v) is 3.64. The molecule has 0 fully saturated rings. The van der Waals surface area contributed by atoms with Crippen LogP contribution in [0.1, 0.15) is 30.6 Å². The van der Waals surface area contributed by atoms with Gasteiger partial charge in [0.15, 0.2) is 5.78 Å². The molecule has 1 aromatic rings. The fourth-order valence-electron chi connectivity index (χ4n) is 2.27. The van der Waals surface area contributed by atoms with Crippen LogP contribution in [0, 0.1) is 6.07 Å². The van der Waals surface area contributed by atoms with Gasteiger partial charge in [0.1, 0.15) is 0 Å². The largest absolute Gasteiger partial charge is 0.398 e. The Labute approximate surface area is 135 Å². The van der Waals surface area contributed by atoms with E-state index in [0.717, 1.165) is 24.6 Å². The molecule has 0 aromatic heterocycles. The summed E-state index contributed by atoms with van der Waals surface area (Å²) in [4.78, 5) is 14.8. The molecule has 0 aliphatic rings. The van der Waals surface area contributed by atoms with Gasteiger partial charge in [-0.25, -0.2) is 0 Å². The minimum Gasteiger partial charge on any atom is -0.398 e. The van der Waals surface area contributed by atoms with E-state index in [0.29, 0.717) is 0 Å². The van der Waals surface area contributed by atoms with Gasteiger partial charge in [0.25, 0.3) is 0 Å². The molecule has 1 rings (SSSR count). The average Bonchev–Trinajstić information content (AvgIpc) is 2.54. The Morgan fingerprint density at radius 2 is 1.78 bits per heavy atom. The molecule has 0 aliphatic heterocycles. The summed E-state index contributed by atoms with van der Waals surface area (Å²) in [6, 6.07) is 11.0. The second-order valence-corrected chi connectivity index (χ2v) is 9.83. The molecule has 0 saturated heterocycles. The van der Waals surface area contributed by atoms with Crippen LogP contribution in [0.15, 0.2) is 24.3 Å². The van der Waals surface area contributed by atoms with Gasteiger partial charge in [0.2, 0.25) is 0 Å². The van der Waals surface area contributed by atoms with Crippen molar-refractivity contribution >= 4 is 14.3 Å². The molecular formula is C17H28CfNO3Si-. The molecule has 0 unspecified atom stereocenters. The van der Waals surface area contributed by atoms with E-state index in [2.05, 4.69) is 17.5 Å². The van der Waals surface area contributed by atoms with Crippen molar-refractivity contribution in [3.8, 4) is 0 Å². The van der Waals surface area contributed by atoms with Crippen molar-refractivity contribution < 1.29 is 13.6 Å². The molecule has 0 amide bonds. The predicted octanol–water partition coefficient (Wildman–Crippen LogP) is 3.13. The van der Waals surface area contributed by atoms with Crippen molar-refractivity contribution in [3.63, 3.8) is 0 Å². The first-order valence-corrected chi connectivity index (χ1v) is 10.1. The third-order valence-corrected chi connectivity index (χ3v) is 7.47. The van der Waals surface area contributed by atoms with E-state index in [-0.39, 0.29) is 5.78 Å². The smallest absolute Gasteiger partial charge is 0.334 e. The Kier molecular flexibility index (Phi) is 7.82. The van der Waals surface area contributed by atoms with Crippen LogP contribution in [-0.2, 0) is 8.85 Å². The van der Waals surface area contributed by atoms with Crippen molar-refractivity contribution in [3.05, 3.63) is 35.9 Å². The van der Waals surface area contributed by atoms with Crippen molar-refractivity contribution in [1.29, 1.82) is 0 Å². The predicted molar refractivity (Wildman–Crippen MR) is 91.4 cm³/mol. The molecule has 0 radical (unpaired) electrons. The zero-order valence-electron chi connectivity index (χ0n) is 14.9. The number of carbonyl (C=O) groups is 1. The molecule has 0 spiro atoms. The summed E-state index contributed by atoms with van der Waals surface area (Å²) in [6.07, 6.45) is 0.945. The third kappa shape index (κ3) is 5.28. The fraction of sp³-hybridized carbons (Fsp3) is 0.588. The van der Waals surface area contributed by atoms with Crippen molar-refractivity contribution in [2.24, 2.45) is 0 Å². The summed E-state index contributed by atoms with van der Waals surface area (Å²) in [5.41, 5.74) is 0.183. The van der Waals surface area contributed by atoms with E-state index in [4.69, 9.17) is 8.85 Å². The molecule has 0 aliphatic carbocycles. The minimum atomic E-state index is -2.03. The monoisotopic (exact) mass is 571 g/mol. The van der Waals surface area contributed by atoms with Crippen LogP contribution < -0.4 is 0 Å². The van der Waals surface area contributed by atoms with Gasteiger partial charge in [0.05, 0.1) is 5.54 Å². The molecule has 4 nitrogen and oxygen atoms in total. The van der Waals surface area contributed by atoms with Gasteiger partial charge < -0.3 is 8.85 Å². The quantitative estimate of drug-likeness (QED) is 0.259. The van der Waals surface area contributed by atoms with Gasteiger partial charge in [-0.3, -0.25) is 9.69 Å². The van der Waals surface area contributed by atoms with Gasteiger partial charge in [-0.05, 0) is 46.5 Å². The number of ketones is 1. The van der Waals surface area contributed by atoms with Crippen LogP contribution >= 0.6 is 0 Å². The van der Waals surface area contributed by atoms with E-state index >= 15 is 0 Å². The number of benzene rings is 1. The molecule has 0 heterocycles. The summed E-state index contributed by atoms with van der Waals surface area (Å²) in [5.74, 6) is 0.127. The number of likely N-dealkylation sites (N-methyl/N-ethyl adjacent to an activating group) is 1. The summed E-state index contributed by atoms with van der Waals surface area (Å²) < 4.78 is 11.0. The summed E-state index contributed by atoms with van der Waals surface area (Å²) >= 11 is 0. The molecule has 0 atom stereocenters. The number of hydrogen-bond donors (Lipinski definition) is 0. The van der Waals surface area contributed by atoms with Crippen LogP contribution in [0.25, 0.3) is 0 Å². The number of rotatable bonds is 9. The molecule has 23 heavy (non-hydrogen) atoms. The summed E-state index contributed by atoms with van der Waals surface area (Å²) in [5, 5.41) is 0. The topological polar surface area (TPSA) is 38.8 Å². The van der Waals surface area contributed by atoms with Crippen LogP contribution in [0.3, 0.4) is 0 Å². The number of nitrogens with zero attached hydrogens (tertiary/aromatic N) is 1. The molecular weight excluding hydrogens is 545 g/mol. The number of hydrogen-bond acceptors (Lipinski definition) is 4. The zero-order valence-corrected chi connectivity index (χ0v) is 18.6.